The topological polar surface area (TPSA) is 43.7 Å². The molecule has 0 atom stereocenters. The molecule has 1 aromatic heterocycles. The molecule has 0 amide bonds. The second-order valence-corrected chi connectivity index (χ2v) is 10.5. The van der Waals surface area contributed by atoms with Crippen LogP contribution in [-0.2, 0) is 9.31 Å². The Morgan fingerprint density at radius 1 is 1.04 bits per heavy atom. The third-order valence-electron chi connectivity index (χ3n) is 5.11. The zero-order chi connectivity index (χ0) is 17.8. The summed E-state index contributed by atoms with van der Waals surface area (Å²) in [6.07, 6.45) is 1.72. The van der Waals surface area contributed by atoms with E-state index in [4.69, 9.17) is 24.1 Å². The summed E-state index contributed by atoms with van der Waals surface area (Å²) in [5.74, 6) is 0. The summed E-state index contributed by atoms with van der Waals surface area (Å²) in [5, 5.41) is 0.487. The molecular weight excluding hydrogens is 441 g/mol. The van der Waals surface area contributed by atoms with Gasteiger partial charge in [0.1, 0.15) is 0 Å². The first kappa shape index (κ1) is 17.5. The third kappa shape index (κ3) is 3.05. The van der Waals surface area contributed by atoms with Crippen LogP contribution in [0, 0.1) is 0 Å². The fourth-order valence-electron chi connectivity index (χ4n) is 2.93. The molecule has 126 valence electrons. The van der Waals surface area contributed by atoms with Gasteiger partial charge in [-0.05, 0) is 0 Å². The Hall–Kier alpha value is -0.886. The van der Waals surface area contributed by atoms with Gasteiger partial charge in [-0.1, -0.05) is 0 Å². The summed E-state index contributed by atoms with van der Waals surface area (Å²) in [6.45, 7) is 8.28. The van der Waals surface area contributed by atoms with Crippen molar-refractivity contribution in [2.45, 2.75) is 38.9 Å². The molecule has 2 radical (unpaired) electrons. The molecule has 7 heteroatoms. The number of halogens is 1. The van der Waals surface area contributed by atoms with E-state index in [2.05, 4.69) is 50.9 Å². The van der Waals surface area contributed by atoms with Crippen molar-refractivity contribution < 1.29 is 9.31 Å². The normalized spacial score (nSPS) is 20.5. The zero-order valence-electron chi connectivity index (χ0n) is 14.6. The first-order valence-corrected chi connectivity index (χ1v) is 11.3. The van der Waals surface area contributed by atoms with Gasteiger partial charge in [0, 0.05) is 0 Å². The number of aromatic nitrogens is 1. The van der Waals surface area contributed by atoms with Crippen molar-refractivity contribution in [3.8, 4) is 0 Å². The Bertz CT molecular complexity index is 869. The predicted molar refractivity (Wildman–Crippen MR) is 102 cm³/mol. The number of benzene rings is 1. The van der Waals surface area contributed by atoms with E-state index in [-0.39, 0.29) is 18.3 Å². The minimum atomic E-state index is -0.948. The first-order valence-electron chi connectivity index (χ1n) is 8.22. The van der Waals surface area contributed by atoms with Crippen LogP contribution in [0.1, 0.15) is 38.8 Å². The Morgan fingerprint density at radius 3 is 2.44 bits per heavy atom. The molecule has 1 saturated heterocycles. The Labute approximate surface area is 163 Å². The van der Waals surface area contributed by atoms with Gasteiger partial charge in [-0.3, -0.25) is 0 Å². The van der Waals surface area contributed by atoms with Crippen LogP contribution >= 0.6 is 11.6 Å². The van der Waals surface area contributed by atoms with Crippen molar-refractivity contribution in [2.75, 3.05) is 0 Å². The molecule has 2 aromatic rings. The van der Waals surface area contributed by atoms with Gasteiger partial charge in [-0.15, -0.1) is 0 Å². The van der Waals surface area contributed by atoms with Gasteiger partial charge in [0.15, 0.2) is 0 Å². The van der Waals surface area contributed by atoms with Crippen LogP contribution < -0.4 is 9.04 Å². The maximum absolute atomic E-state index is 6.19. The molecule has 3 heterocycles. The number of hydrogen-bond acceptors (Lipinski definition) is 4. The van der Waals surface area contributed by atoms with Gasteiger partial charge in [-0.2, -0.15) is 0 Å². The van der Waals surface area contributed by atoms with Gasteiger partial charge in [0.2, 0.25) is 0 Å². The van der Waals surface area contributed by atoms with Gasteiger partial charge >= 0.3 is 164 Å². The average Bonchev–Trinajstić information content (AvgIpc) is 3.05. The second kappa shape index (κ2) is 6.08. The molecule has 1 aromatic carbocycles. The molecule has 0 aliphatic carbocycles. The molecule has 0 N–H and O–H groups in total. The van der Waals surface area contributed by atoms with Gasteiger partial charge in [-0.25, -0.2) is 0 Å². The predicted octanol–water partition coefficient (Wildman–Crippen LogP) is 2.13. The Kier molecular flexibility index (Phi) is 4.26. The standard InChI is InChI=1S/C18H18BClN2O2.Sn/c1-17(2)18(3,4)24-19(23-17)14-7-5-6-12(10-14)16(21)13-8-9-22-15(20)11-13;/h5,7-11H,1-4H3;/q-1;+1. The van der Waals surface area contributed by atoms with Gasteiger partial charge in [0.05, 0.1) is 0 Å². The van der Waals surface area contributed by atoms with E-state index in [1.165, 1.54) is 9.14 Å². The van der Waals surface area contributed by atoms with Gasteiger partial charge < -0.3 is 0 Å². The van der Waals surface area contributed by atoms with Crippen LogP contribution in [0.15, 0.2) is 39.7 Å². The monoisotopic (exact) mass is 460 g/mol. The summed E-state index contributed by atoms with van der Waals surface area (Å²) in [7, 11) is -0.358. The molecule has 4 rings (SSSR count). The number of hydrogen-bond donors (Lipinski definition) is 0. The number of nitrogens with zero attached hydrogens (tertiary/aromatic N) is 2. The third-order valence-corrected chi connectivity index (χ3v) is 8.21. The van der Waals surface area contributed by atoms with Crippen LogP contribution in [-0.4, -0.2) is 50.4 Å². The molecule has 0 saturated carbocycles. The second-order valence-electron chi connectivity index (χ2n) is 7.33. The Morgan fingerprint density at radius 2 is 1.76 bits per heavy atom. The molecule has 4 nitrogen and oxygen atoms in total. The van der Waals surface area contributed by atoms with Crippen molar-refractivity contribution in [2.24, 2.45) is 3.21 Å². The van der Waals surface area contributed by atoms with Crippen LogP contribution in [0.3, 0.4) is 0 Å². The summed E-state index contributed by atoms with van der Waals surface area (Å²) < 4.78 is 18.6. The van der Waals surface area contributed by atoms with E-state index in [9.17, 15) is 0 Å². The molecular formula is C18H18BClN2O2Sn. The number of pyridine rings is 1. The quantitative estimate of drug-likeness (QED) is 0.511. The van der Waals surface area contributed by atoms with Crippen molar-refractivity contribution in [1.29, 1.82) is 0 Å². The van der Waals surface area contributed by atoms with E-state index in [1.54, 1.807) is 6.20 Å². The molecule has 0 bridgehead atoms. The molecule has 0 spiro atoms. The minimum absolute atomic E-state index is 0.344. The summed E-state index contributed by atoms with van der Waals surface area (Å²) >= 11 is 5.11. The van der Waals surface area contributed by atoms with Crippen LogP contribution in [0.2, 0.25) is 5.15 Å². The van der Waals surface area contributed by atoms with Crippen LogP contribution in [0.5, 0.6) is 0 Å². The fraction of sp³-hybridized carbons (Fsp3) is 0.333. The number of fused-ring (bicyclic) bond motifs is 1. The molecule has 25 heavy (non-hydrogen) atoms. The van der Waals surface area contributed by atoms with Crippen molar-refractivity contribution >= 4 is 54.9 Å². The van der Waals surface area contributed by atoms with Crippen LogP contribution in [0.25, 0.3) is 0 Å². The van der Waals surface area contributed by atoms with E-state index in [0.29, 0.717) is 5.15 Å². The Balaban J connectivity index is 1.70. The summed E-state index contributed by atoms with van der Waals surface area (Å²) in [5.41, 5.74) is 3.56. The van der Waals surface area contributed by atoms with E-state index >= 15 is 0 Å². The van der Waals surface area contributed by atoms with Crippen LogP contribution in [0.4, 0.5) is 0 Å². The van der Waals surface area contributed by atoms with Crippen molar-refractivity contribution in [3.63, 3.8) is 0 Å². The molecule has 2 aliphatic rings. The SMILES string of the molecule is CC1(C)OB(c2cc[c]3c(c2)C(c2ccnc(Cl)c2)=[N][Sn]3)OC1(C)C. The number of rotatable bonds is 2. The van der Waals surface area contributed by atoms with Crippen molar-refractivity contribution in [3.05, 3.63) is 52.8 Å². The maximum atomic E-state index is 6.19. The molecule has 0 unspecified atom stereocenters. The summed E-state index contributed by atoms with van der Waals surface area (Å²) in [4.78, 5) is 4.06. The van der Waals surface area contributed by atoms with E-state index < -0.39 is 21.4 Å². The van der Waals surface area contributed by atoms with Gasteiger partial charge in [0.25, 0.3) is 0 Å². The average molecular weight is 459 g/mol. The summed E-state index contributed by atoms with van der Waals surface area (Å²) in [6, 6.07) is 10.3. The fourth-order valence-corrected chi connectivity index (χ4v) is 5.81. The first-order chi connectivity index (χ1) is 11.8. The molecule has 2 aliphatic heterocycles. The van der Waals surface area contributed by atoms with Crippen molar-refractivity contribution in [1.82, 2.24) is 4.98 Å². The van der Waals surface area contributed by atoms with E-state index in [1.807, 2.05) is 12.1 Å². The van der Waals surface area contributed by atoms with E-state index in [0.717, 1.165) is 16.7 Å². The zero-order valence-corrected chi connectivity index (χ0v) is 18.2. The molecule has 1 fully saturated rings.